The van der Waals surface area contributed by atoms with Crippen LogP contribution in [0.4, 0.5) is 17.8 Å². The lowest BCUT2D eigenvalue weighted by atomic mass is 10.2. The van der Waals surface area contributed by atoms with Crippen LogP contribution in [0.5, 0.6) is 0 Å². The Bertz CT molecular complexity index is 449. The molecule has 1 atom stereocenters. The van der Waals surface area contributed by atoms with Crippen LogP contribution in [-0.4, -0.2) is 85.2 Å². The van der Waals surface area contributed by atoms with Gasteiger partial charge in [0, 0.05) is 46.3 Å². The van der Waals surface area contributed by atoms with Crippen LogP contribution in [0.15, 0.2) is 0 Å². The van der Waals surface area contributed by atoms with E-state index in [0.717, 1.165) is 26.2 Å². The quantitative estimate of drug-likeness (QED) is 0.740. The second-order valence-electron chi connectivity index (χ2n) is 5.49. The van der Waals surface area contributed by atoms with Crippen molar-refractivity contribution < 1.29 is 0 Å². The minimum atomic E-state index is 0.236. The van der Waals surface area contributed by atoms with E-state index in [1.165, 1.54) is 0 Å². The van der Waals surface area contributed by atoms with Crippen molar-refractivity contribution in [3.63, 3.8) is 0 Å². The van der Waals surface area contributed by atoms with Gasteiger partial charge < -0.3 is 20.9 Å². The predicted molar refractivity (Wildman–Crippen MR) is 81.0 cm³/mol. The van der Waals surface area contributed by atoms with Gasteiger partial charge in [-0.05, 0) is 14.1 Å². The molecular weight excluding hydrogens is 256 g/mol. The van der Waals surface area contributed by atoms with Crippen molar-refractivity contribution in [1.29, 1.82) is 0 Å². The van der Waals surface area contributed by atoms with E-state index in [1.54, 1.807) is 0 Å². The molecule has 0 bridgehead atoms. The van der Waals surface area contributed by atoms with Crippen molar-refractivity contribution in [3.05, 3.63) is 0 Å². The molecule has 1 saturated heterocycles. The maximum Gasteiger partial charge on any atom is 0.231 e. The maximum atomic E-state index is 5.71. The van der Waals surface area contributed by atoms with Gasteiger partial charge in [-0.15, -0.1) is 0 Å². The predicted octanol–water partition coefficient (Wildman–Crippen LogP) is -0.822. The van der Waals surface area contributed by atoms with E-state index in [0.29, 0.717) is 17.9 Å². The summed E-state index contributed by atoms with van der Waals surface area (Å²) >= 11 is 0. The molecule has 2 heterocycles. The number of piperazine rings is 1. The summed E-state index contributed by atoms with van der Waals surface area (Å²) < 4.78 is 0. The van der Waals surface area contributed by atoms with E-state index in [2.05, 4.69) is 44.2 Å². The van der Waals surface area contributed by atoms with Crippen LogP contribution in [0.3, 0.4) is 0 Å². The third-order valence-electron chi connectivity index (χ3n) is 3.52. The highest BCUT2D eigenvalue weighted by molar-refractivity contribution is 5.40. The van der Waals surface area contributed by atoms with Crippen molar-refractivity contribution in [2.75, 3.05) is 70.3 Å². The van der Waals surface area contributed by atoms with Gasteiger partial charge >= 0.3 is 0 Å². The van der Waals surface area contributed by atoms with Gasteiger partial charge in [-0.25, -0.2) is 0 Å². The molecule has 112 valence electrons. The average Bonchev–Trinajstić information content (AvgIpc) is 2.39. The Hall–Kier alpha value is -1.67. The summed E-state index contributed by atoms with van der Waals surface area (Å²) in [5.74, 6) is 1.33. The Morgan fingerprint density at radius 3 is 2.70 bits per heavy atom. The molecule has 1 aromatic heterocycles. The van der Waals surface area contributed by atoms with Crippen molar-refractivity contribution in [2.24, 2.45) is 0 Å². The molecule has 0 aliphatic carbocycles. The SMILES string of the molecule is CN1CCN(C)C(CNc2nc(N)nc(N(C)C)n2)C1. The molecule has 20 heavy (non-hydrogen) atoms. The van der Waals surface area contributed by atoms with Crippen LogP contribution < -0.4 is 16.0 Å². The van der Waals surface area contributed by atoms with E-state index < -0.39 is 0 Å². The van der Waals surface area contributed by atoms with Crippen LogP contribution in [-0.2, 0) is 0 Å². The van der Waals surface area contributed by atoms with Crippen LogP contribution in [0, 0.1) is 0 Å². The molecule has 8 heteroatoms. The van der Waals surface area contributed by atoms with Crippen LogP contribution in [0.25, 0.3) is 0 Å². The molecule has 1 aliphatic rings. The van der Waals surface area contributed by atoms with Crippen molar-refractivity contribution >= 4 is 17.8 Å². The summed E-state index contributed by atoms with van der Waals surface area (Å²) in [5, 5.41) is 3.26. The van der Waals surface area contributed by atoms with Crippen molar-refractivity contribution in [3.8, 4) is 0 Å². The van der Waals surface area contributed by atoms with Gasteiger partial charge in [-0.3, -0.25) is 4.90 Å². The molecule has 0 saturated carbocycles. The van der Waals surface area contributed by atoms with Crippen molar-refractivity contribution in [2.45, 2.75) is 6.04 Å². The lowest BCUT2D eigenvalue weighted by molar-refractivity contribution is 0.121. The first-order valence-corrected chi connectivity index (χ1v) is 6.77. The first-order chi connectivity index (χ1) is 9.45. The van der Waals surface area contributed by atoms with Gasteiger partial charge in [0.25, 0.3) is 0 Å². The summed E-state index contributed by atoms with van der Waals surface area (Å²) in [6.07, 6.45) is 0. The smallest absolute Gasteiger partial charge is 0.231 e. The van der Waals surface area contributed by atoms with E-state index >= 15 is 0 Å². The number of likely N-dealkylation sites (N-methyl/N-ethyl adjacent to an activating group) is 2. The number of anilines is 3. The standard InChI is InChI=1S/C12H24N8/c1-18(2)12-16-10(13)15-11(17-12)14-7-9-8-19(3)5-6-20(9)4/h9H,5-8H2,1-4H3,(H3,13,14,15,16,17). The van der Waals surface area contributed by atoms with Crippen LogP contribution in [0.1, 0.15) is 0 Å². The summed E-state index contributed by atoms with van der Waals surface area (Å²) in [4.78, 5) is 19.0. The van der Waals surface area contributed by atoms with Gasteiger partial charge in [-0.1, -0.05) is 0 Å². The molecule has 1 unspecified atom stereocenters. The van der Waals surface area contributed by atoms with Gasteiger partial charge in [0.15, 0.2) is 0 Å². The lowest BCUT2D eigenvalue weighted by Gasteiger charge is -2.37. The van der Waals surface area contributed by atoms with Crippen LogP contribution in [0.2, 0.25) is 0 Å². The van der Waals surface area contributed by atoms with E-state index in [4.69, 9.17) is 5.73 Å². The van der Waals surface area contributed by atoms with E-state index in [1.807, 2.05) is 19.0 Å². The zero-order chi connectivity index (χ0) is 14.7. The zero-order valence-electron chi connectivity index (χ0n) is 12.7. The van der Waals surface area contributed by atoms with Crippen LogP contribution >= 0.6 is 0 Å². The fourth-order valence-electron chi connectivity index (χ4n) is 2.19. The Kier molecular flexibility index (Phi) is 4.56. The normalized spacial score (nSPS) is 20.9. The largest absolute Gasteiger partial charge is 0.368 e. The minimum Gasteiger partial charge on any atom is -0.368 e. The molecule has 0 spiro atoms. The topological polar surface area (TPSA) is 86.4 Å². The third kappa shape index (κ3) is 3.67. The van der Waals surface area contributed by atoms with Gasteiger partial charge in [0.2, 0.25) is 17.8 Å². The number of nitrogens with zero attached hydrogens (tertiary/aromatic N) is 6. The first-order valence-electron chi connectivity index (χ1n) is 6.77. The number of hydrogen-bond donors (Lipinski definition) is 2. The fraction of sp³-hybridized carbons (Fsp3) is 0.750. The molecule has 1 aliphatic heterocycles. The highest BCUT2D eigenvalue weighted by Crippen LogP contribution is 2.11. The highest BCUT2D eigenvalue weighted by Gasteiger charge is 2.22. The van der Waals surface area contributed by atoms with E-state index in [9.17, 15) is 0 Å². The second-order valence-corrected chi connectivity index (χ2v) is 5.49. The van der Waals surface area contributed by atoms with Gasteiger partial charge in [0.1, 0.15) is 0 Å². The summed E-state index contributed by atoms with van der Waals surface area (Å²) in [6.45, 7) is 4.00. The Balaban J connectivity index is 1.99. The average molecular weight is 280 g/mol. The molecule has 0 aromatic carbocycles. The number of aromatic nitrogens is 3. The fourth-order valence-corrected chi connectivity index (χ4v) is 2.19. The highest BCUT2D eigenvalue weighted by atomic mass is 15.3. The first kappa shape index (κ1) is 14.7. The molecule has 0 radical (unpaired) electrons. The molecular formula is C12H24N8. The molecule has 2 rings (SSSR count). The van der Waals surface area contributed by atoms with Gasteiger partial charge in [0.05, 0.1) is 0 Å². The van der Waals surface area contributed by atoms with E-state index in [-0.39, 0.29) is 5.95 Å². The second kappa shape index (κ2) is 6.19. The molecule has 0 amide bonds. The zero-order valence-corrected chi connectivity index (χ0v) is 12.7. The third-order valence-corrected chi connectivity index (χ3v) is 3.52. The lowest BCUT2D eigenvalue weighted by Crippen LogP contribution is -2.52. The summed E-state index contributed by atoms with van der Waals surface area (Å²) in [5.41, 5.74) is 5.71. The Labute approximate surface area is 120 Å². The minimum absolute atomic E-state index is 0.236. The Morgan fingerprint density at radius 2 is 2.00 bits per heavy atom. The number of nitrogens with one attached hydrogen (secondary N) is 1. The van der Waals surface area contributed by atoms with Crippen molar-refractivity contribution in [1.82, 2.24) is 24.8 Å². The monoisotopic (exact) mass is 280 g/mol. The number of nitrogen functional groups attached to an aromatic ring is 1. The van der Waals surface area contributed by atoms with Gasteiger partial charge in [-0.2, -0.15) is 15.0 Å². The Morgan fingerprint density at radius 1 is 1.25 bits per heavy atom. The number of hydrogen-bond acceptors (Lipinski definition) is 8. The summed E-state index contributed by atoms with van der Waals surface area (Å²) in [6, 6.07) is 0.439. The number of nitrogens with two attached hydrogens (primary N) is 1. The number of rotatable bonds is 4. The maximum absolute atomic E-state index is 5.71. The molecule has 1 aromatic rings. The summed E-state index contributed by atoms with van der Waals surface area (Å²) in [7, 11) is 8.04. The molecule has 8 nitrogen and oxygen atoms in total. The molecule has 1 fully saturated rings. The molecule has 3 N–H and O–H groups in total.